The number of carbonyl (C=O) groups is 1. The average Bonchev–Trinajstić information content (AvgIpc) is 3.12. The maximum atomic E-state index is 11.5. The van der Waals surface area contributed by atoms with Crippen LogP contribution < -0.4 is 11.1 Å². The van der Waals surface area contributed by atoms with Crippen molar-refractivity contribution in [1.29, 1.82) is 0 Å². The van der Waals surface area contributed by atoms with Crippen LogP contribution in [0.1, 0.15) is 55.0 Å². The van der Waals surface area contributed by atoms with Crippen LogP contribution in [0, 0.1) is 6.92 Å². The molecule has 1 aromatic carbocycles. The molecular weight excluding hydrogens is 364 g/mol. The van der Waals surface area contributed by atoms with Gasteiger partial charge in [0.15, 0.2) is 5.78 Å². The van der Waals surface area contributed by atoms with Crippen LogP contribution in [0.5, 0.6) is 0 Å². The van der Waals surface area contributed by atoms with Crippen molar-refractivity contribution in [2.24, 2.45) is 0 Å². The molecular formula is C22H26N6O. The number of anilines is 2. The van der Waals surface area contributed by atoms with Crippen molar-refractivity contribution in [3.63, 3.8) is 0 Å². The molecule has 3 rings (SSSR count). The van der Waals surface area contributed by atoms with Crippen molar-refractivity contribution in [3.05, 3.63) is 65.8 Å². The zero-order chi connectivity index (χ0) is 21.3. The highest BCUT2D eigenvalue weighted by atomic mass is 16.1. The summed E-state index contributed by atoms with van der Waals surface area (Å²) in [6.07, 6.45) is 3.32. The first-order valence-corrected chi connectivity index (χ1v) is 9.32. The highest BCUT2D eigenvalue weighted by Gasteiger charge is 2.16. The Morgan fingerprint density at radius 2 is 1.93 bits per heavy atom. The summed E-state index contributed by atoms with van der Waals surface area (Å²) < 4.78 is 1.55. The molecule has 0 saturated carbocycles. The minimum Gasteiger partial charge on any atom is -0.399 e. The van der Waals surface area contributed by atoms with Crippen LogP contribution in [0.2, 0.25) is 0 Å². The van der Waals surface area contributed by atoms with Gasteiger partial charge in [0.25, 0.3) is 0 Å². The Kier molecular flexibility index (Phi) is 5.24. The molecule has 0 radical (unpaired) electrons. The van der Waals surface area contributed by atoms with Gasteiger partial charge in [0.1, 0.15) is 5.69 Å². The predicted molar refractivity (Wildman–Crippen MR) is 116 cm³/mol. The topological polar surface area (TPSA) is 98.7 Å². The first-order chi connectivity index (χ1) is 13.5. The van der Waals surface area contributed by atoms with Crippen molar-refractivity contribution >= 4 is 22.9 Å². The van der Waals surface area contributed by atoms with E-state index in [0.29, 0.717) is 17.1 Å². The molecule has 0 fully saturated rings. The van der Waals surface area contributed by atoms with Gasteiger partial charge in [0, 0.05) is 18.3 Å². The summed E-state index contributed by atoms with van der Waals surface area (Å²) in [6, 6.07) is 7.86. The summed E-state index contributed by atoms with van der Waals surface area (Å²) >= 11 is 0. The van der Waals surface area contributed by atoms with E-state index in [9.17, 15) is 4.79 Å². The van der Waals surface area contributed by atoms with E-state index in [2.05, 4.69) is 54.0 Å². The van der Waals surface area contributed by atoms with Gasteiger partial charge < -0.3 is 11.1 Å². The molecule has 0 bridgehead atoms. The minimum atomic E-state index is -0.138. The predicted octanol–water partition coefficient (Wildman–Crippen LogP) is 4.14. The lowest BCUT2D eigenvalue weighted by atomic mass is 9.85. The number of Topliss-reactive ketones (excluding diaryl/α,β-unsaturated/α-hetero) is 1. The van der Waals surface area contributed by atoms with Crippen molar-refractivity contribution < 1.29 is 4.79 Å². The number of rotatable bonds is 5. The minimum absolute atomic E-state index is 0.0233. The maximum absolute atomic E-state index is 11.5. The van der Waals surface area contributed by atoms with E-state index in [-0.39, 0.29) is 11.2 Å². The standard InChI is InChI=1S/C22H26N6O/c1-13(16-7-17(22(4,5)6)9-18(23)8-16)25-19-10-21(14(2)24-11-19)28-12-20(15(3)29)26-27-28/h7-12,25H,1,23H2,2-6H3. The number of nitrogen functional groups attached to an aromatic ring is 1. The van der Waals surface area contributed by atoms with Crippen LogP contribution in [-0.4, -0.2) is 25.8 Å². The molecule has 3 aromatic rings. The largest absolute Gasteiger partial charge is 0.399 e. The molecule has 150 valence electrons. The number of nitrogens with one attached hydrogen (secondary N) is 1. The zero-order valence-corrected chi connectivity index (χ0v) is 17.4. The molecule has 3 N–H and O–H groups in total. The Hall–Kier alpha value is -3.48. The van der Waals surface area contributed by atoms with Gasteiger partial charge in [-0.15, -0.1) is 5.10 Å². The number of nitrogens with two attached hydrogens (primary N) is 1. The Morgan fingerprint density at radius 3 is 2.55 bits per heavy atom. The maximum Gasteiger partial charge on any atom is 0.181 e. The van der Waals surface area contributed by atoms with Crippen molar-refractivity contribution in [3.8, 4) is 5.69 Å². The Morgan fingerprint density at radius 1 is 1.21 bits per heavy atom. The SMILES string of the molecule is C=C(Nc1cnc(C)c(-n2cc(C(C)=O)nn2)c1)c1cc(N)cc(C(C)(C)C)c1. The zero-order valence-electron chi connectivity index (χ0n) is 17.4. The molecule has 0 unspecified atom stereocenters. The average molecular weight is 390 g/mol. The van der Waals surface area contributed by atoms with E-state index in [1.807, 2.05) is 25.1 Å². The quantitative estimate of drug-likeness (QED) is 0.502. The molecule has 2 aromatic heterocycles. The molecule has 0 aliphatic heterocycles. The van der Waals surface area contributed by atoms with Crippen LogP contribution in [0.4, 0.5) is 11.4 Å². The summed E-state index contributed by atoms with van der Waals surface area (Å²) in [4.78, 5) is 15.9. The smallest absolute Gasteiger partial charge is 0.181 e. The van der Waals surface area contributed by atoms with Crippen molar-refractivity contribution in [2.75, 3.05) is 11.1 Å². The van der Waals surface area contributed by atoms with Crippen molar-refractivity contribution in [2.45, 2.75) is 40.0 Å². The molecule has 0 aliphatic rings. The number of carbonyl (C=O) groups excluding carboxylic acids is 1. The van der Waals surface area contributed by atoms with E-state index < -0.39 is 0 Å². The number of benzene rings is 1. The molecule has 0 atom stereocenters. The number of pyridine rings is 1. The fourth-order valence-corrected chi connectivity index (χ4v) is 2.87. The lowest BCUT2D eigenvalue weighted by molar-refractivity contribution is 0.101. The lowest BCUT2D eigenvalue weighted by Gasteiger charge is -2.21. The first-order valence-electron chi connectivity index (χ1n) is 9.32. The molecule has 0 aliphatic carbocycles. The second-order valence-electron chi connectivity index (χ2n) is 8.13. The molecule has 0 saturated heterocycles. The van der Waals surface area contributed by atoms with E-state index in [1.165, 1.54) is 6.92 Å². The van der Waals surface area contributed by atoms with Crippen LogP contribution in [-0.2, 0) is 5.41 Å². The first kappa shape index (κ1) is 20.3. The molecule has 0 amide bonds. The Labute approximate surface area is 170 Å². The summed E-state index contributed by atoms with van der Waals surface area (Å²) in [5.74, 6) is -0.138. The number of nitrogens with zero attached hydrogens (tertiary/aromatic N) is 4. The molecule has 29 heavy (non-hydrogen) atoms. The number of hydrogen-bond acceptors (Lipinski definition) is 6. The number of aryl methyl sites for hydroxylation is 1. The van der Waals surface area contributed by atoms with E-state index >= 15 is 0 Å². The van der Waals surface area contributed by atoms with Gasteiger partial charge in [0.05, 0.1) is 29.5 Å². The summed E-state index contributed by atoms with van der Waals surface area (Å²) in [7, 11) is 0. The second-order valence-corrected chi connectivity index (χ2v) is 8.13. The third kappa shape index (κ3) is 4.51. The van der Waals surface area contributed by atoms with E-state index in [4.69, 9.17) is 5.73 Å². The van der Waals surface area contributed by atoms with Gasteiger partial charge in [-0.2, -0.15) is 0 Å². The third-order valence-corrected chi connectivity index (χ3v) is 4.63. The Balaban J connectivity index is 1.90. The molecule has 0 spiro atoms. The summed E-state index contributed by atoms with van der Waals surface area (Å²) in [6.45, 7) is 13.9. The monoisotopic (exact) mass is 390 g/mol. The molecule has 7 heteroatoms. The second kappa shape index (κ2) is 7.50. The lowest BCUT2D eigenvalue weighted by Crippen LogP contribution is -2.12. The third-order valence-electron chi connectivity index (χ3n) is 4.63. The van der Waals surface area contributed by atoms with Gasteiger partial charge in [-0.05, 0) is 47.7 Å². The van der Waals surface area contributed by atoms with Gasteiger partial charge in [0.2, 0.25) is 0 Å². The number of ketones is 1. The van der Waals surface area contributed by atoms with Gasteiger partial charge >= 0.3 is 0 Å². The van der Waals surface area contributed by atoms with Crippen LogP contribution >= 0.6 is 0 Å². The van der Waals surface area contributed by atoms with Gasteiger partial charge in [-0.1, -0.05) is 32.6 Å². The molecule has 2 heterocycles. The number of hydrogen-bond donors (Lipinski definition) is 2. The van der Waals surface area contributed by atoms with Crippen LogP contribution in [0.15, 0.2) is 43.2 Å². The van der Waals surface area contributed by atoms with Crippen LogP contribution in [0.3, 0.4) is 0 Å². The summed E-state index contributed by atoms with van der Waals surface area (Å²) in [5.41, 5.74) is 12.1. The van der Waals surface area contributed by atoms with Gasteiger partial charge in [-0.3, -0.25) is 9.78 Å². The van der Waals surface area contributed by atoms with Crippen molar-refractivity contribution in [1.82, 2.24) is 20.0 Å². The fourth-order valence-electron chi connectivity index (χ4n) is 2.87. The highest BCUT2D eigenvalue weighted by Crippen LogP contribution is 2.29. The summed E-state index contributed by atoms with van der Waals surface area (Å²) in [5, 5.41) is 11.2. The van der Waals surface area contributed by atoms with E-state index in [1.54, 1.807) is 17.1 Å². The van der Waals surface area contributed by atoms with Gasteiger partial charge in [-0.25, -0.2) is 4.68 Å². The van der Waals surface area contributed by atoms with E-state index in [0.717, 1.165) is 28.2 Å². The fraction of sp³-hybridized carbons (Fsp3) is 0.273. The van der Waals surface area contributed by atoms with Crippen LogP contribution in [0.25, 0.3) is 11.4 Å². The normalized spacial score (nSPS) is 11.3. The molecule has 7 nitrogen and oxygen atoms in total. The highest BCUT2D eigenvalue weighted by molar-refractivity contribution is 5.91. The number of aromatic nitrogens is 4. The Bertz CT molecular complexity index is 1090.